The van der Waals surface area contributed by atoms with Crippen LogP contribution in [0.2, 0.25) is 0 Å². The summed E-state index contributed by atoms with van der Waals surface area (Å²) in [4.78, 5) is 12.1. The maximum atomic E-state index is 12.1. The van der Waals surface area contributed by atoms with Crippen molar-refractivity contribution in [2.45, 2.75) is 20.0 Å². The van der Waals surface area contributed by atoms with Crippen molar-refractivity contribution in [3.63, 3.8) is 0 Å². The molecule has 0 aliphatic carbocycles. The average molecular weight is 338 g/mol. The molecule has 2 aromatic rings. The number of aryl methyl sites for hydroxylation is 2. The second-order valence-electron chi connectivity index (χ2n) is 4.39. The first kappa shape index (κ1) is 14.6. The molecule has 0 spiro atoms. The Balaban J connectivity index is 2.11. The molecule has 0 bridgehead atoms. The molecule has 0 amide bonds. The standard InChI is InChI=1S/C14H16BrN3O2/c1-3-11-12(16)13(18(2)17-11)14(19)20-8-9-5-4-6-10(15)7-9/h4-7H,3,8,16H2,1-2H3. The largest absolute Gasteiger partial charge is 0.456 e. The van der Waals surface area contributed by atoms with Crippen LogP contribution in [0.5, 0.6) is 0 Å². The Morgan fingerprint density at radius 2 is 2.25 bits per heavy atom. The van der Waals surface area contributed by atoms with E-state index < -0.39 is 5.97 Å². The fourth-order valence-electron chi connectivity index (χ4n) is 1.94. The number of anilines is 1. The first-order valence-corrected chi connectivity index (χ1v) is 7.05. The normalized spacial score (nSPS) is 10.6. The Kier molecular flexibility index (Phi) is 4.44. The molecule has 20 heavy (non-hydrogen) atoms. The van der Waals surface area contributed by atoms with Crippen LogP contribution in [0, 0.1) is 0 Å². The Labute approximate surface area is 125 Å². The maximum absolute atomic E-state index is 12.1. The molecule has 0 fully saturated rings. The van der Waals surface area contributed by atoms with Crippen LogP contribution < -0.4 is 5.73 Å². The molecule has 6 heteroatoms. The van der Waals surface area contributed by atoms with Gasteiger partial charge in [0.1, 0.15) is 6.61 Å². The molecule has 0 saturated carbocycles. The summed E-state index contributed by atoms with van der Waals surface area (Å²) in [6.07, 6.45) is 0.679. The number of aromatic nitrogens is 2. The van der Waals surface area contributed by atoms with Crippen LogP contribution in [0.25, 0.3) is 0 Å². The lowest BCUT2D eigenvalue weighted by molar-refractivity contribution is 0.0461. The number of hydrogen-bond donors (Lipinski definition) is 1. The lowest BCUT2D eigenvalue weighted by Crippen LogP contribution is -2.12. The average Bonchev–Trinajstić information content (AvgIpc) is 2.71. The SMILES string of the molecule is CCc1nn(C)c(C(=O)OCc2cccc(Br)c2)c1N. The minimum atomic E-state index is -0.461. The monoisotopic (exact) mass is 337 g/mol. The Morgan fingerprint density at radius 1 is 1.50 bits per heavy atom. The molecule has 106 valence electrons. The number of nitrogen functional groups attached to an aromatic ring is 1. The minimum absolute atomic E-state index is 0.199. The van der Waals surface area contributed by atoms with Crippen molar-refractivity contribution in [2.75, 3.05) is 5.73 Å². The topological polar surface area (TPSA) is 70.1 Å². The van der Waals surface area contributed by atoms with E-state index in [9.17, 15) is 4.79 Å². The van der Waals surface area contributed by atoms with E-state index in [1.165, 1.54) is 4.68 Å². The predicted molar refractivity (Wildman–Crippen MR) is 80.3 cm³/mol. The number of carbonyl (C=O) groups is 1. The van der Waals surface area contributed by atoms with Crippen LogP contribution in [0.3, 0.4) is 0 Å². The van der Waals surface area contributed by atoms with Gasteiger partial charge in [0, 0.05) is 11.5 Å². The number of esters is 1. The lowest BCUT2D eigenvalue weighted by atomic mass is 10.2. The van der Waals surface area contributed by atoms with Gasteiger partial charge in [-0.2, -0.15) is 5.10 Å². The zero-order chi connectivity index (χ0) is 14.7. The molecule has 0 radical (unpaired) electrons. The van der Waals surface area contributed by atoms with Crippen molar-refractivity contribution < 1.29 is 9.53 Å². The highest BCUT2D eigenvalue weighted by molar-refractivity contribution is 9.10. The van der Waals surface area contributed by atoms with Gasteiger partial charge < -0.3 is 10.5 Å². The van der Waals surface area contributed by atoms with Gasteiger partial charge >= 0.3 is 5.97 Å². The third kappa shape index (κ3) is 3.01. The van der Waals surface area contributed by atoms with E-state index in [1.807, 2.05) is 31.2 Å². The molecule has 1 heterocycles. The first-order valence-electron chi connectivity index (χ1n) is 6.25. The molecular weight excluding hydrogens is 322 g/mol. The number of benzene rings is 1. The molecule has 2 rings (SSSR count). The van der Waals surface area contributed by atoms with Crippen LogP contribution in [-0.4, -0.2) is 15.7 Å². The number of rotatable bonds is 4. The van der Waals surface area contributed by atoms with Gasteiger partial charge in [0.25, 0.3) is 0 Å². The summed E-state index contributed by atoms with van der Waals surface area (Å²) < 4.78 is 7.70. The Hall–Kier alpha value is -1.82. The fourth-order valence-corrected chi connectivity index (χ4v) is 2.39. The van der Waals surface area contributed by atoms with Crippen molar-refractivity contribution >= 4 is 27.6 Å². The Bertz CT molecular complexity index is 637. The second kappa shape index (κ2) is 6.09. The van der Waals surface area contributed by atoms with E-state index >= 15 is 0 Å². The van der Waals surface area contributed by atoms with Crippen LogP contribution in [0.15, 0.2) is 28.7 Å². The molecule has 1 aromatic heterocycles. The summed E-state index contributed by atoms with van der Waals surface area (Å²) >= 11 is 3.38. The van der Waals surface area contributed by atoms with Crippen LogP contribution in [0.1, 0.15) is 28.7 Å². The molecule has 0 saturated heterocycles. The van der Waals surface area contributed by atoms with Crippen molar-refractivity contribution in [3.05, 3.63) is 45.7 Å². The number of nitrogens with zero attached hydrogens (tertiary/aromatic N) is 2. The fraction of sp³-hybridized carbons (Fsp3) is 0.286. The number of carbonyl (C=O) groups excluding carboxylic acids is 1. The molecule has 0 aliphatic heterocycles. The predicted octanol–water partition coefficient (Wildman–Crippen LogP) is 2.68. The number of ether oxygens (including phenoxy) is 1. The summed E-state index contributed by atoms with van der Waals surface area (Å²) in [5.74, 6) is -0.461. The zero-order valence-corrected chi connectivity index (χ0v) is 13.0. The third-order valence-electron chi connectivity index (χ3n) is 2.95. The molecular formula is C14H16BrN3O2. The van der Waals surface area contributed by atoms with Gasteiger partial charge in [-0.15, -0.1) is 0 Å². The van der Waals surface area contributed by atoms with Gasteiger partial charge in [-0.1, -0.05) is 35.0 Å². The lowest BCUT2D eigenvalue weighted by Gasteiger charge is -2.06. The van der Waals surface area contributed by atoms with Gasteiger partial charge in [-0.25, -0.2) is 4.79 Å². The van der Waals surface area contributed by atoms with E-state index in [4.69, 9.17) is 10.5 Å². The molecule has 0 aliphatic rings. The summed E-state index contributed by atoms with van der Waals surface area (Å²) in [5.41, 5.74) is 8.23. The first-order chi connectivity index (χ1) is 9.52. The van der Waals surface area contributed by atoms with Crippen molar-refractivity contribution in [2.24, 2.45) is 7.05 Å². The van der Waals surface area contributed by atoms with Crippen molar-refractivity contribution in [3.8, 4) is 0 Å². The quantitative estimate of drug-likeness (QED) is 0.870. The van der Waals surface area contributed by atoms with Crippen LogP contribution in [0.4, 0.5) is 5.69 Å². The number of nitrogens with two attached hydrogens (primary N) is 1. The summed E-state index contributed by atoms with van der Waals surface area (Å²) in [5, 5.41) is 4.20. The van der Waals surface area contributed by atoms with Gasteiger partial charge in [-0.05, 0) is 24.1 Å². The number of halogens is 1. The van der Waals surface area contributed by atoms with Gasteiger partial charge in [0.15, 0.2) is 5.69 Å². The van der Waals surface area contributed by atoms with Crippen molar-refractivity contribution in [1.29, 1.82) is 0 Å². The smallest absolute Gasteiger partial charge is 0.359 e. The number of hydrogen-bond acceptors (Lipinski definition) is 4. The Morgan fingerprint density at radius 3 is 2.85 bits per heavy atom. The van der Waals surface area contributed by atoms with Gasteiger partial charge in [0.2, 0.25) is 0 Å². The molecule has 0 unspecified atom stereocenters. The van der Waals surface area contributed by atoms with E-state index in [-0.39, 0.29) is 6.61 Å². The molecule has 5 nitrogen and oxygen atoms in total. The van der Waals surface area contributed by atoms with E-state index in [2.05, 4.69) is 21.0 Å². The minimum Gasteiger partial charge on any atom is -0.456 e. The van der Waals surface area contributed by atoms with Gasteiger partial charge in [-0.3, -0.25) is 4.68 Å². The third-order valence-corrected chi connectivity index (χ3v) is 3.44. The van der Waals surface area contributed by atoms with Crippen LogP contribution in [-0.2, 0) is 24.8 Å². The van der Waals surface area contributed by atoms with E-state index in [1.54, 1.807) is 7.05 Å². The molecule has 1 aromatic carbocycles. The summed E-state index contributed by atoms with van der Waals surface area (Å²) in [6.45, 7) is 2.14. The highest BCUT2D eigenvalue weighted by atomic mass is 79.9. The maximum Gasteiger partial charge on any atom is 0.359 e. The van der Waals surface area contributed by atoms with Crippen LogP contribution >= 0.6 is 15.9 Å². The molecule has 0 atom stereocenters. The highest BCUT2D eigenvalue weighted by Crippen LogP contribution is 2.19. The van der Waals surface area contributed by atoms with E-state index in [0.29, 0.717) is 23.5 Å². The van der Waals surface area contributed by atoms with E-state index in [0.717, 1.165) is 10.0 Å². The molecule has 2 N–H and O–H groups in total. The highest BCUT2D eigenvalue weighted by Gasteiger charge is 2.20. The zero-order valence-electron chi connectivity index (χ0n) is 11.4. The second-order valence-corrected chi connectivity index (χ2v) is 5.31. The van der Waals surface area contributed by atoms with Crippen molar-refractivity contribution in [1.82, 2.24) is 9.78 Å². The van der Waals surface area contributed by atoms with Gasteiger partial charge in [0.05, 0.1) is 11.4 Å². The summed E-state index contributed by atoms with van der Waals surface area (Å²) in [7, 11) is 1.69. The summed E-state index contributed by atoms with van der Waals surface area (Å²) in [6, 6.07) is 7.60.